The summed E-state index contributed by atoms with van der Waals surface area (Å²) in [6.45, 7) is 7.55. The minimum atomic E-state index is 0.0902. The van der Waals surface area contributed by atoms with Gasteiger partial charge >= 0.3 is 0 Å². The molecule has 0 saturated carbocycles. The van der Waals surface area contributed by atoms with Gasteiger partial charge in [0, 0.05) is 25.1 Å². The molecule has 106 valence electrons. The van der Waals surface area contributed by atoms with E-state index in [1.807, 2.05) is 25.1 Å². The standard InChI is InChI=1S/C15H23NO3/c1-4-13(17)11-19-15-7-5-6-14(10-15)18-9-8-16-12(2)3/h5-7,10,12,16H,4,8-9,11H2,1-3H3. The van der Waals surface area contributed by atoms with Crippen molar-refractivity contribution in [3.8, 4) is 11.5 Å². The van der Waals surface area contributed by atoms with E-state index in [0.717, 1.165) is 12.3 Å². The van der Waals surface area contributed by atoms with Gasteiger partial charge in [0.1, 0.15) is 24.7 Å². The first kappa shape index (κ1) is 15.5. The number of rotatable bonds is 9. The smallest absolute Gasteiger partial charge is 0.169 e. The van der Waals surface area contributed by atoms with E-state index in [4.69, 9.17) is 9.47 Å². The third kappa shape index (κ3) is 6.82. The van der Waals surface area contributed by atoms with Gasteiger partial charge < -0.3 is 14.8 Å². The van der Waals surface area contributed by atoms with Crippen molar-refractivity contribution in [2.75, 3.05) is 19.8 Å². The lowest BCUT2D eigenvalue weighted by molar-refractivity contribution is -0.120. The van der Waals surface area contributed by atoms with Crippen molar-refractivity contribution in [3.63, 3.8) is 0 Å². The third-order valence-electron chi connectivity index (χ3n) is 2.52. The van der Waals surface area contributed by atoms with Crippen molar-refractivity contribution in [2.24, 2.45) is 0 Å². The van der Waals surface area contributed by atoms with Crippen LogP contribution in [0.25, 0.3) is 0 Å². The van der Waals surface area contributed by atoms with Crippen LogP contribution < -0.4 is 14.8 Å². The first-order chi connectivity index (χ1) is 9.11. The molecule has 0 aliphatic rings. The summed E-state index contributed by atoms with van der Waals surface area (Å²) in [7, 11) is 0. The number of carbonyl (C=O) groups excluding carboxylic acids is 1. The molecule has 0 fully saturated rings. The molecule has 0 amide bonds. The fraction of sp³-hybridized carbons (Fsp3) is 0.533. The van der Waals surface area contributed by atoms with Crippen LogP contribution in [0, 0.1) is 0 Å². The average molecular weight is 265 g/mol. The van der Waals surface area contributed by atoms with Crippen LogP contribution in [-0.4, -0.2) is 31.6 Å². The Hall–Kier alpha value is -1.55. The Labute approximate surface area is 115 Å². The largest absolute Gasteiger partial charge is 0.492 e. The van der Waals surface area contributed by atoms with Crippen molar-refractivity contribution < 1.29 is 14.3 Å². The molecule has 0 unspecified atom stereocenters. The highest BCUT2D eigenvalue weighted by Gasteiger charge is 2.02. The first-order valence-corrected chi connectivity index (χ1v) is 6.72. The van der Waals surface area contributed by atoms with Gasteiger partial charge in [0.2, 0.25) is 0 Å². The van der Waals surface area contributed by atoms with E-state index >= 15 is 0 Å². The van der Waals surface area contributed by atoms with Crippen LogP contribution in [0.5, 0.6) is 11.5 Å². The van der Waals surface area contributed by atoms with Crippen molar-refractivity contribution >= 4 is 5.78 Å². The zero-order chi connectivity index (χ0) is 14.1. The number of Topliss-reactive ketones (excluding diaryl/α,β-unsaturated/α-hetero) is 1. The van der Waals surface area contributed by atoms with E-state index in [0.29, 0.717) is 24.8 Å². The van der Waals surface area contributed by atoms with E-state index in [2.05, 4.69) is 19.2 Å². The highest BCUT2D eigenvalue weighted by molar-refractivity contribution is 5.79. The number of carbonyl (C=O) groups is 1. The monoisotopic (exact) mass is 265 g/mol. The lowest BCUT2D eigenvalue weighted by Gasteiger charge is -2.11. The lowest BCUT2D eigenvalue weighted by Crippen LogP contribution is -2.27. The Balaban J connectivity index is 2.37. The zero-order valence-electron chi connectivity index (χ0n) is 11.9. The summed E-state index contributed by atoms with van der Waals surface area (Å²) >= 11 is 0. The minimum absolute atomic E-state index is 0.0902. The molecule has 1 rings (SSSR count). The summed E-state index contributed by atoms with van der Waals surface area (Å²) in [4.78, 5) is 11.2. The Morgan fingerprint density at radius 3 is 2.58 bits per heavy atom. The van der Waals surface area contributed by atoms with Crippen LogP contribution in [0.4, 0.5) is 0 Å². The highest BCUT2D eigenvalue weighted by atomic mass is 16.5. The molecule has 0 aliphatic carbocycles. The minimum Gasteiger partial charge on any atom is -0.492 e. The molecule has 0 aromatic heterocycles. The predicted octanol–water partition coefficient (Wildman–Crippen LogP) is 2.42. The molecule has 0 heterocycles. The topological polar surface area (TPSA) is 47.6 Å². The first-order valence-electron chi connectivity index (χ1n) is 6.72. The van der Waals surface area contributed by atoms with E-state index in [1.54, 1.807) is 6.07 Å². The van der Waals surface area contributed by atoms with Crippen LogP contribution in [0.1, 0.15) is 27.2 Å². The lowest BCUT2D eigenvalue weighted by atomic mass is 10.3. The summed E-state index contributed by atoms with van der Waals surface area (Å²) in [6.07, 6.45) is 0.497. The van der Waals surface area contributed by atoms with Crippen molar-refractivity contribution in [3.05, 3.63) is 24.3 Å². The zero-order valence-corrected chi connectivity index (χ0v) is 11.9. The molecule has 1 N–H and O–H groups in total. The molecule has 0 bridgehead atoms. The second kappa shape index (κ2) is 8.53. The molecule has 0 aliphatic heterocycles. The van der Waals surface area contributed by atoms with Crippen molar-refractivity contribution in [1.29, 1.82) is 0 Å². The SMILES string of the molecule is CCC(=O)COc1cccc(OCCNC(C)C)c1. The fourth-order valence-electron chi connectivity index (χ4n) is 1.44. The van der Waals surface area contributed by atoms with Crippen LogP contribution in [0.3, 0.4) is 0 Å². The van der Waals surface area contributed by atoms with Gasteiger partial charge in [-0.15, -0.1) is 0 Å². The van der Waals surface area contributed by atoms with Crippen molar-refractivity contribution in [1.82, 2.24) is 5.32 Å². The number of ketones is 1. The number of benzene rings is 1. The highest BCUT2D eigenvalue weighted by Crippen LogP contribution is 2.19. The summed E-state index contributed by atoms with van der Waals surface area (Å²) in [5.74, 6) is 1.51. The molecule has 0 spiro atoms. The van der Waals surface area contributed by atoms with Gasteiger partial charge in [-0.05, 0) is 12.1 Å². The van der Waals surface area contributed by atoms with Gasteiger partial charge in [-0.2, -0.15) is 0 Å². The molecule has 4 nitrogen and oxygen atoms in total. The van der Waals surface area contributed by atoms with Crippen LogP contribution >= 0.6 is 0 Å². The van der Waals surface area contributed by atoms with Gasteiger partial charge in [0.25, 0.3) is 0 Å². The van der Waals surface area contributed by atoms with Gasteiger partial charge in [-0.25, -0.2) is 0 Å². The molecule has 0 atom stereocenters. The fourth-order valence-corrected chi connectivity index (χ4v) is 1.44. The Kier molecular flexibility index (Phi) is 6.97. The number of ether oxygens (including phenoxy) is 2. The molecule has 19 heavy (non-hydrogen) atoms. The predicted molar refractivity (Wildman–Crippen MR) is 75.9 cm³/mol. The normalized spacial score (nSPS) is 10.5. The maximum absolute atomic E-state index is 11.2. The molecule has 1 aromatic carbocycles. The van der Waals surface area contributed by atoms with Crippen LogP contribution in [0.2, 0.25) is 0 Å². The van der Waals surface area contributed by atoms with Gasteiger partial charge in [-0.3, -0.25) is 4.79 Å². The summed E-state index contributed by atoms with van der Waals surface area (Å²) in [5.41, 5.74) is 0. The van der Waals surface area contributed by atoms with E-state index < -0.39 is 0 Å². The quantitative estimate of drug-likeness (QED) is 0.697. The Morgan fingerprint density at radius 1 is 1.26 bits per heavy atom. The number of hydrogen-bond acceptors (Lipinski definition) is 4. The van der Waals surface area contributed by atoms with Crippen LogP contribution in [0.15, 0.2) is 24.3 Å². The Morgan fingerprint density at radius 2 is 1.95 bits per heavy atom. The Bertz CT molecular complexity index is 391. The van der Waals surface area contributed by atoms with E-state index in [9.17, 15) is 4.79 Å². The van der Waals surface area contributed by atoms with Crippen molar-refractivity contribution in [2.45, 2.75) is 33.2 Å². The van der Waals surface area contributed by atoms with E-state index in [1.165, 1.54) is 0 Å². The summed E-state index contributed by atoms with van der Waals surface area (Å²) in [6, 6.07) is 7.82. The maximum atomic E-state index is 11.2. The molecule has 0 saturated heterocycles. The molecular weight excluding hydrogens is 242 g/mol. The summed E-state index contributed by atoms with van der Waals surface area (Å²) < 4.78 is 11.0. The summed E-state index contributed by atoms with van der Waals surface area (Å²) in [5, 5.41) is 3.28. The molecule has 4 heteroatoms. The van der Waals surface area contributed by atoms with E-state index in [-0.39, 0.29) is 12.4 Å². The molecule has 1 aromatic rings. The number of hydrogen-bond donors (Lipinski definition) is 1. The van der Waals surface area contributed by atoms with Gasteiger partial charge in [-0.1, -0.05) is 26.8 Å². The second-order valence-electron chi connectivity index (χ2n) is 4.61. The second-order valence-corrected chi connectivity index (χ2v) is 4.61. The molecule has 0 radical (unpaired) electrons. The van der Waals surface area contributed by atoms with Gasteiger partial charge in [0.05, 0.1) is 0 Å². The van der Waals surface area contributed by atoms with Crippen LogP contribution in [-0.2, 0) is 4.79 Å². The third-order valence-corrected chi connectivity index (χ3v) is 2.52. The maximum Gasteiger partial charge on any atom is 0.169 e. The number of nitrogens with one attached hydrogen (secondary N) is 1. The molecular formula is C15H23NO3. The van der Waals surface area contributed by atoms with Gasteiger partial charge in [0.15, 0.2) is 5.78 Å². The average Bonchev–Trinajstić information content (AvgIpc) is 2.41.